The molecule has 2 bridgehead atoms. The lowest BCUT2D eigenvalue weighted by Crippen LogP contribution is -2.30. The summed E-state index contributed by atoms with van der Waals surface area (Å²) in [6.07, 6.45) is 5.77. The fraction of sp³-hybridized carbons (Fsp3) is 0.667. The van der Waals surface area contributed by atoms with Gasteiger partial charge in [0.15, 0.2) is 0 Å². The van der Waals surface area contributed by atoms with Crippen LogP contribution in [0.5, 0.6) is 5.88 Å². The summed E-state index contributed by atoms with van der Waals surface area (Å²) in [7, 11) is 1.66. The highest BCUT2D eigenvalue weighted by Gasteiger charge is 2.41. The van der Waals surface area contributed by atoms with E-state index in [1.54, 1.807) is 7.11 Å². The standard InChI is InChI=1S/C15H22N2O/c1-10(13-9-11-6-7-12(13)8-11)16-14-4-3-5-15(17-14)18-2/h3-5,10-13H,6-9H2,1-2H3,(H,16,17). The normalized spacial score (nSPS) is 31.3. The van der Waals surface area contributed by atoms with Crippen LogP contribution >= 0.6 is 0 Å². The van der Waals surface area contributed by atoms with Crippen LogP contribution in [-0.4, -0.2) is 18.1 Å². The van der Waals surface area contributed by atoms with Crippen LogP contribution in [0.2, 0.25) is 0 Å². The highest BCUT2D eigenvalue weighted by molar-refractivity contribution is 5.38. The van der Waals surface area contributed by atoms with Crippen LogP contribution in [0, 0.1) is 17.8 Å². The van der Waals surface area contributed by atoms with Gasteiger partial charge in [-0.25, -0.2) is 0 Å². The second kappa shape index (κ2) is 4.79. The minimum atomic E-state index is 0.514. The van der Waals surface area contributed by atoms with Crippen molar-refractivity contribution in [3.63, 3.8) is 0 Å². The first-order valence-corrected chi connectivity index (χ1v) is 7.04. The van der Waals surface area contributed by atoms with Crippen molar-refractivity contribution < 1.29 is 4.74 Å². The quantitative estimate of drug-likeness (QED) is 0.885. The molecule has 1 N–H and O–H groups in total. The Morgan fingerprint density at radius 1 is 1.33 bits per heavy atom. The second-order valence-corrected chi connectivity index (χ2v) is 5.84. The van der Waals surface area contributed by atoms with Gasteiger partial charge in [0.1, 0.15) is 5.82 Å². The lowest BCUT2D eigenvalue weighted by atomic mass is 9.84. The highest BCUT2D eigenvalue weighted by atomic mass is 16.5. The molecule has 98 valence electrons. The van der Waals surface area contributed by atoms with E-state index in [4.69, 9.17) is 4.74 Å². The number of aromatic nitrogens is 1. The molecule has 3 nitrogen and oxygen atoms in total. The van der Waals surface area contributed by atoms with Crippen LogP contribution in [0.25, 0.3) is 0 Å². The Kier molecular flexibility index (Phi) is 3.14. The maximum Gasteiger partial charge on any atom is 0.214 e. The summed E-state index contributed by atoms with van der Waals surface area (Å²) in [5.41, 5.74) is 0. The Hall–Kier alpha value is -1.25. The zero-order chi connectivity index (χ0) is 12.5. The van der Waals surface area contributed by atoms with Crippen molar-refractivity contribution in [1.82, 2.24) is 4.98 Å². The first kappa shape index (κ1) is 11.8. The number of hydrogen-bond donors (Lipinski definition) is 1. The van der Waals surface area contributed by atoms with Crippen LogP contribution < -0.4 is 10.1 Å². The van der Waals surface area contributed by atoms with E-state index in [1.807, 2.05) is 18.2 Å². The minimum absolute atomic E-state index is 0.514. The Balaban J connectivity index is 1.65. The average Bonchev–Trinajstić information content (AvgIpc) is 3.01. The monoisotopic (exact) mass is 246 g/mol. The largest absolute Gasteiger partial charge is 0.481 e. The molecule has 4 unspecified atom stereocenters. The van der Waals surface area contributed by atoms with Crippen molar-refractivity contribution in [3.8, 4) is 5.88 Å². The molecule has 0 saturated heterocycles. The SMILES string of the molecule is COc1cccc(NC(C)C2CC3CCC2C3)n1. The number of nitrogens with zero attached hydrogens (tertiary/aromatic N) is 1. The summed E-state index contributed by atoms with van der Waals surface area (Å²) in [4.78, 5) is 4.43. The van der Waals surface area contributed by atoms with Gasteiger partial charge in [0.2, 0.25) is 5.88 Å². The van der Waals surface area contributed by atoms with Gasteiger partial charge in [-0.2, -0.15) is 4.98 Å². The number of pyridine rings is 1. The molecule has 2 saturated carbocycles. The topological polar surface area (TPSA) is 34.1 Å². The van der Waals surface area contributed by atoms with Crippen molar-refractivity contribution in [2.24, 2.45) is 17.8 Å². The lowest BCUT2D eigenvalue weighted by molar-refractivity contribution is 0.303. The molecule has 0 radical (unpaired) electrons. The minimum Gasteiger partial charge on any atom is -0.481 e. The Morgan fingerprint density at radius 3 is 2.89 bits per heavy atom. The molecule has 18 heavy (non-hydrogen) atoms. The molecule has 0 aromatic carbocycles. The summed E-state index contributed by atoms with van der Waals surface area (Å²) in [6.45, 7) is 2.30. The van der Waals surface area contributed by atoms with Crippen LogP contribution in [0.4, 0.5) is 5.82 Å². The number of ether oxygens (including phenoxy) is 1. The van der Waals surface area contributed by atoms with Gasteiger partial charge >= 0.3 is 0 Å². The molecular weight excluding hydrogens is 224 g/mol. The summed E-state index contributed by atoms with van der Waals surface area (Å²) >= 11 is 0. The van der Waals surface area contributed by atoms with Gasteiger partial charge in [0, 0.05) is 12.1 Å². The third-order valence-electron chi connectivity index (χ3n) is 4.74. The van der Waals surface area contributed by atoms with Gasteiger partial charge in [-0.3, -0.25) is 0 Å². The summed E-state index contributed by atoms with van der Waals surface area (Å²) in [5, 5.41) is 3.55. The van der Waals surface area contributed by atoms with E-state index in [-0.39, 0.29) is 0 Å². The van der Waals surface area contributed by atoms with Crippen molar-refractivity contribution in [3.05, 3.63) is 18.2 Å². The van der Waals surface area contributed by atoms with E-state index in [0.29, 0.717) is 11.9 Å². The van der Waals surface area contributed by atoms with Gasteiger partial charge in [0.25, 0.3) is 0 Å². The molecule has 2 aliphatic carbocycles. The van der Waals surface area contributed by atoms with Crippen molar-refractivity contribution in [2.75, 3.05) is 12.4 Å². The van der Waals surface area contributed by atoms with Crippen LogP contribution in [0.15, 0.2) is 18.2 Å². The molecule has 3 heteroatoms. The van der Waals surface area contributed by atoms with E-state index in [0.717, 1.165) is 23.6 Å². The first-order valence-electron chi connectivity index (χ1n) is 7.04. The molecule has 3 rings (SSSR count). The van der Waals surface area contributed by atoms with E-state index in [9.17, 15) is 0 Å². The van der Waals surface area contributed by atoms with Crippen LogP contribution in [-0.2, 0) is 0 Å². The molecule has 4 atom stereocenters. The molecule has 1 aromatic rings. The number of methoxy groups -OCH3 is 1. The molecule has 0 aliphatic heterocycles. The summed E-state index contributed by atoms with van der Waals surface area (Å²) < 4.78 is 5.16. The Bertz CT molecular complexity index is 421. The first-order chi connectivity index (χ1) is 8.76. The molecule has 1 heterocycles. The van der Waals surface area contributed by atoms with Gasteiger partial charge in [0.05, 0.1) is 7.11 Å². The number of nitrogens with one attached hydrogen (secondary N) is 1. The number of rotatable bonds is 4. The maximum atomic E-state index is 5.16. The smallest absolute Gasteiger partial charge is 0.214 e. The van der Waals surface area contributed by atoms with E-state index < -0.39 is 0 Å². The number of hydrogen-bond acceptors (Lipinski definition) is 3. The van der Waals surface area contributed by atoms with Crippen LogP contribution in [0.3, 0.4) is 0 Å². The van der Waals surface area contributed by atoms with Crippen molar-refractivity contribution in [2.45, 2.75) is 38.6 Å². The van der Waals surface area contributed by atoms with Gasteiger partial charge in [-0.15, -0.1) is 0 Å². The summed E-state index contributed by atoms with van der Waals surface area (Å²) in [6, 6.07) is 6.40. The van der Waals surface area contributed by atoms with E-state index in [2.05, 4.69) is 17.2 Å². The predicted molar refractivity (Wildman–Crippen MR) is 72.8 cm³/mol. The third kappa shape index (κ3) is 2.18. The average molecular weight is 246 g/mol. The van der Waals surface area contributed by atoms with E-state index >= 15 is 0 Å². The number of anilines is 1. The molecule has 0 spiro atoms. The lowest BCUT2D eigenvalue weighted by Gasteiger charge is -2.28. The molecule has 2 fully saturated rings. The van der Waals surface area contributed by atoms with Gasteiger partial charge in [-0.1, -0.05) is 12.5 Å². The van der Waals surface area contributed by atoms with Crippen LogP contribution in [0.1, 0.15) is 32.6 Å². The predicted octanol–water partition coefficient (Wildman–Crippen LogP) is 3.33. The molecule has 1 aromatic heterocycles. The Morgan fingerprint density at radius 2 is 2.22 bits per heavy atom. The third-order valence-corrected chi connectivity index (χ3v) is 4.74. The maximum absolute atomic E-state index is 5.16. The van der Waals surface area contributed by atoms with Crippen molar-refractivity contribution in [1.29, 1.82) is 0 Å². The van der Waals surface area contributed by atoms with E-state index in [1.165, 1.54) is 25.7 Å². The van der Waals surface area contributed by atoms with Crippen molar-refractivity contribution >= 4 is 5.82 Å². The second-order valence-electron chi connectivity index (χ2n) is 5.84. The van der Waals surface area contributed by atoms with Gasteiger partial charge in [-0.05, 0) is 50.0 Å². The molecule has 2 aliphatic rings. The highest BCUT2D eigenvalue weighted by Crippen LogP contribution is 2.49. The fourth-order valence-electron chi connectivity index (χ4n) is 3.86. The Labute approximate surface area is 109 Å². The van der Waals surface area contributed by atoms with Gasteiger partial charge < -0.3 is 10.1 Å². The molecule has 0 amide bonds. The zero-order valence-corrected chi connectivity index (χ0v) is 11.2. The zero-order valence-electron chi connectivity index (χ0n) is 11.2. The fourth-order valence-corrected chi connectivity index (χ4v) is 3.86. The molecular formula is C15H22N2O. The number of fused-ring (bicyclic) bond motifs is 2. The summed E-state index contributed by atoms with van der Waals surface area (Å²) in [5.74, 6) is 4.40.